The summed E-state index contributed by atoms with van der Waals surface area (Å²) in [6.45, 7) is 3.13. The van der Waals surface area contributed by atoms with Crippen molar-refractivity contribution in [2.75, 3.05) is 13.1 Å². The second-order valence-electron chi connectivity index (χ2n) is 6.53. The Kier molecular flexibility index (Phi) is 6.97. The number of carbonyl (C=O) groups is 1. The molecular weight excluding hydrogens is 314 g/mol. The van der Waals surface area contributed by atoms with Gasteiger partial charge in [0.05, 0.1) is 6.04 Å². The van der Waals surface area contributed by atoms with Crippen LogP contribution in [0.1, 0.15) is 44.7 Å². The summed E-state index contributed by atoms with van der Waals surface area (Å²) in [7, 11) is 0. The average Bonchev–Trinajstić information content (AvgIpc) is 2.55. The van der Waals surface area contributed by atoms with E-state index in [1.165, 1.54) is 12.1 Å². The van der Waals surface area contributed by atoms with Crippen molar-refractivity contribution in [2.24, 2.45) is 11.8 Å². The lowest BCUT2D eigenvalue weighted by Gasteiger charge is -2.28. The summed E-state index contributed by atoms with van der Waals surface area (Å²) in [6.07, 6.45) is 2.79. The number of rotatable bonds is 7. The predicted octanol–water partition coefficient (Wildman–Crippen LogP) is 3.49. The first kappa shape index (κ1) is 18.6. The number of ether oxygens (including phenoxy) is 1. The number of hydrogen-bond acceptors (Lipinski definition) is 3. The van der Waals surface area contributed by atoms with Crippen LogP contribution in [0.5, 0.6) is 5.75 Å². The Morgan fingerprint density at radius 3 is 2.88 bits per heavy atom. The van der Waals surface area contributed by atoms with Gasteiger partial charge in [-0.1, -0.05) is 19.1 Å². The molecule has 0 spiro atoms. The van der Waals surface area contributed by atoms with Gasteiger partial charge in [0.15, 0.2) is 0 Å². The molecule has 1 aromatic rings. The van der Waals surface area contributed by atoms with Crippen molar-refractivity contribution in [2.45, 2.75) is 45.8 Å². The molecule has 1 aromatic carbocycles. The molecule has 24 heavy (non-hydrogen) atoms. The summed E-state index contributed by atoms with van der Waals surface area (Å²) in [5, 5.41) is 6.31. The van der Waals surface area contributed by atoms with E-state index in [-0.39, 0.29) is 17.7 Å². The number of nitrogens with one attached hydrogen (secondary N) is 2. The van der Waals surface area contributed by atoms with E-state index in [0.717, 1.165) is 31.5 Å². The van der Waals surface area contributed by atoms with Crippen LogP contribution >= 0.6 is 0 Å². The van der Waals surface area contributed by atoms with Gasteiger partial charge in [0.1, 0.15) is 5.75 Å². The highest BCUT2D eigenvalue weighted by atomic mass is 19.3. The lowest BCUT2D eigenvalue weighted by Crippen LogP contribution is -2.36. The zero-order chi connectivity index (χ0) is 17.5. The molecule has 6 heteroatoms. The molecule has 1 heterocycles. The summed E-state index contributed by atoms with van der Waals surface area (Å²) >= 11 is 0. The molecule has 0 aromatic heterocycles. The number of amides is 1. The summed E-state index contributed by atoms with van der Waals surface area (Å²) in [5.41, 5.74) is 0.744. The minimum Gasteiger partial charge on any atom is -0.435 e. The van der Waals surface area contributed by atoms with Gasteiger partial charge in [-0.2, -0.15) is 8.78 Å². The van der Waals surface area contributed by atoms with Crippen molar-refractivity contribution in [3.8, 4) is 5.75 Å². The van der Waals surface area contributed by atoms with Crippen LogP contribution in [-0.2, 0) is 4.79 Å². The van der Waals surface area contributed by atoms with Crippen LogP contribution in [0.4, 0.5) is 8.78 Å². The maximum absolute atomic E-state index is 12.3. The van der Waals surface area contributed by atoms with Gasteiger partial charge in [-0.25, -0.2) is 0 Å². The molecule has 4 nitrogen and oxygen atoms in total. The van der Waals surface area contributed by atoms with Gasteiger partial charge in [-0.15, -0.1) is 0 Å². The van der Waals surface area contributed by atoms with Crippen LogP contribution in [0.2, 0.25) is 0 Å². The van der Waals surface area contributed by atoms with Crippen molar-refractivity contribution < 1.29 is 18.3 Å². The van der Waals surface area contributed by atoms with Crippen molar-refractivity contribution in [1.29, 1.82) is 0 Å². The average molecular weight is 340 g/mol. The fourth-order valence-electron chi connectivity index (χ4n) is 3.17. The van der Waals surface area contributed by atoms with Crippen LogP contribution in [0, 0.1) is 11.8 Å². The second-order valence-corrected chi connectivity index (χ2v) is 6.53. The second kappa shape index (κ2) is 8.97. The van der Waals surface area contributed by atoms with E-state index in [1.807, 2.05) is 6.92 Å². The van der Waals surface area contributed by atoms with Crippen molar-refractivity contribution in [3.05, 3.63) is 29.8 Å². The maximum atomic E-state index is 12.3. The van der Waals surface area contributed by atoms with Crippen molar-refractivity contribution >= 4 is 5.91 Å². The van der Waals surface area contributed by atoms with Gasteiger partial charge >= 0.3 is 6.61 Å². The lowest BCUT2D eigenvalue weighted by molar-refractivity contribution is -0.123. The molecule has 1 aliphatic rings. The minimum absolute atomic E-state index is 0.0132. The fraction of sp³-hybridized carbons (Fsp3) is 0.611. The van der Waals surface area contributed by atoms with Crippen LogP contribution in [0.25, 0.3) is 0 Å². The Balaban J connectivity index is 1.86. The summed E-state index contributed by atoms with van der Waals surface area (Å²) in [4.78, 5) is 12.3. The van der Waals surface area contributed by atoms with Gasteiger partial charge in [-0.3, -0.25) is 4.79 Å². The number of hydrogen-bond donors (Lipinski definition) is 2. The molecule has 3 atom stereocenters. The molecule has 0 bridgehead atoms. The third-order valence-corrected chi connectivity index (χ3v) is 4.61. The zero-order valence-corrected chi connectivity index (χ0v) is 14.2. The number of piperidine rings is 1. The minimum atomic E-state index is -2.85. The highest BCUT2D eigenvalue weighted by Crippen LogP contribution is 2.24. The smallest absolute Gasteiger partial charge is 0.387 e. The molecule has 1 amide bonds. The molecular formula is C18H26F2N2O2. The summed E-state index contributed by atoms with van der Waals surface area (Å²) in [6, 6.07) is 6.19. The third-order valence-electron chi connectivity index (χ3n) is 4.61. The topological polar surface area (TPSA) is 50.4 Å². The highest BCUT2D eigenvalue weighted by Gasteiger charge is 2.22. The van der Waals surface area contributed by atoms with E-state index in [2.05, 4.69) is 22.3 Å². The standard InChI is InChI=1S/C18H26F2N2O2/c1-12(15-6-4-8-21-11-15)9-17(23)22-13(2)14-5-3-7-16(10-14)24-18(19)20/h3,5,7,10,12-13,15,18,21H,4,6,8-9,11H2,1-2H3,(H,22,23). The Morgan fingerprint density at radius 1 is 1.42 bits per heavy atom. The van der Waals surface area contributed by atoms with Crippen LogP contribution in [0.15, 0.2) is 24.3 Å². The molecule has 3 unspecified atom stereocenters. The first-order valence-corrected chi connectivity index (χ1v) is 8.50. The quantitative estimate of drug-likeness (QED) is 0.799. The molecule has 2 N–H and O–H groups in total. The van der Waals surface area contributed by atoms with Crippen molar-refractivity contribution in [1.82, 2.24) is 10.6 Å². The van der Waals surface area contributed by atoms with Crippen LogP contribution in [-0.4, -0.2) is 25.6 Å². The van der Waals surface area contributed by atoms with E-state index in [1.54, 1.807) is 12.1 Å². The number of benzene rings is 1. The Morgan fingerprint density at radius 2 is 2.21 bits per heavy atom. The Bertz CT molecular complexity index is 534. The van der Waals surface area contributed by atoms with Gasteiger partial charge < -0.3 is 15.4 Å². The van der Waals surface area contributed by atoms with E-state index in [9.17, 15) is 13.6 Å². The molecule has 0 aliphatic carbocycles. The van der Waals surface area contributed by atoms with Crippen LogP contribution in [0.3, 0.4) is 0 Å². The monoisotopic (exact) mass is 340 g/mol. The normalized spacial score (nSPS) is 20.5. The fourth-order valence-corrected chi connectivity index (χ4v) is 3.17. The SMILES string of the molecule is CC(NC(=O)CC(C)C1CCCNC1)c1cccc(OC(F)F)c1. The Hall–Kier alpha value is -1.69. The van der Waals surface area contributed by atoms with Gasteiger partial charge in [-0.05, 0) is 62.4 Å². The number of alkyl halides is 2. The molecule has 0 radical (unpaired) electrons. The molecule has 134 valence electrons. The maximum Gasteiger partial charge on any atom is 0.387 e. The van der Waals surface area contributed by atoms with E-state index in [0.29, 0.717) is 18.3 Å². The van der Waals surface area contributed by atoms with Gasteiger partial charge in [0, 0.05) is 6.42 Å². The van der Waals surface area contributed by atoms with E-state index in [4.69, 9.17) is 0 Å². The van der Waals surface area contributed by atoms with Crippen molar-refractivity contribution in [3.63, 3.8) is 0 Å². The number of carbonyl (C=O) groups excluding carboxylic acids is 1. The van der Waals surface area contributed by atoms with E-state index >= 15 is 0 Å². The summed E-state index contributed by atoms with van der Waals surface area (Å²) < 4.78 is 29.0. The third kappa shape index (κ3) is 5.74. The predicted molar refractivity (Wildman–Crippen MR) is 89.0 cm³/mol. The highest BCUT2D eigenvalue weighted by molar-refractivity contribution is 5.76. The first-order chi connectivity index (χ1) is 11.5. The van der Waals surface area contributed by atoms with Gasteiger partial charge in [0.2, 0.25) is 5.91 Å². The molecule has 0 saturated carbocycles. The molecule has 1 aliphatic heterocycles. The molecule has 1 fully saturated rings. The number of halogens is 2. The largest absolute Gasteiger partial charge is 0.435 e. The zero-order valence-electron chi connectivity index (χ0n) is 14.2. The molecule has 1 saturated heterocycles. The van der Waals surface area contributed by atoms with Gasteiger partial charge in [0.25, 0.3) is 0 Å². The van der Waals surface area contributed by atoms with E-state index < -0.39 is 6.61 Å². The lowest BCUT2D eigenvalue weighted by atomic mass is 9.85. The summed E-state index contributed by atoms with van der Waals surface area (Å²) in [5.74, 6) is 0.937. The first-order valence-electron chi connectivity index (χ1n) is 8.50. The van der Waals surface area contributed by atoms with Crippen LogP contribution < -0.4 is 15.4 Å². The molecule has 2 rings (SSSR count). The Labute approximate surface area is 142 Å².